The number of nitrogens with one attached hydrogen (secondary N) is 1. The van der Waals surface area contributed by atoms with E-state index in [0.717, 1.165) is 25.3 Å². The smallest absolute Gasteiger partial charge is 0.340 e. The third kappa shape index (κ3) is 4.93. The Hall–Kier alpha value is -2.17. The van der Waals surface area contributed by atoms with Gasteiger partial charge in [0.1, 0.15) is 0 Å². The van der Waals surface area contributed by atoms with Crippen LogP contribution in [0, 0.1) is 0 Å². The number of halogens is 1. The van der Waals surface area contributed by atoms with Crippen LogP contribution >= 0.6 is 11.6 Å². The number of hydrogen-bond donors (Lipinski definition) is 2. The van der Waals surface area contributed by atoms with E-state index in [1.54, 1.807) is 5.32 Å². The minimum atomic E-state index is -3.76. The van der Waals surface area contributed by atoms with Crippen LogP contribution in [0.4, 0.5) is 4.79 Å². The van der Waals surface area contributed by atoms with Gasteiger partial charge in [0, 0.05) is 13.1 Å². The van der Waals surface area contributed by atoms with Crippen LogP contribution in [0.5, 0.6) is 0 Å². The Morgan fingerprint density at radius 3 is 2.46 bits per heavy atom. The standard InChI is InChI=1S/C15H18ClN3O6S/c16-12-5-4-10(26(23,24)19-6-2-1-3-7-19)8-11(12)14(21)25-9-13(20)18-15(17)22/h4-5,8H,1-3,6-7,9H2,(H3,17,18,20,22). The first-order chi connectivity index (χ1) is 12.2. The predicted molar refractivity (Wildman–Crippen MR) is 92.1 cm³/mol. The first-order valence-electron chi connectivity index (χ1n) is 7.78. The largest absolute Gasteiger partial charge is 0.452 e. The molecule has 3 amide bonds. The molecule has 0 aliphatic carbocycles. The molecule has 1 heterocycles. The van der Waals surface area contributed by atoms with Gasteiger partial charge in [-0.1, -0.05) is 18.0 Å². The molecule has 0 spiro atoms. The van der Waals surface area contributed by atoms with Crippen molar-refractivity contribution in [2.75, 3.05) is 19.7 Å². The Labute approximate surface area is 155 Å². The lowest BCUT2D eigenvalue weighted by Crippen LogP contribution is -2.37. The SMILES string of the molecule is NC(=O)NC(=O)COC(=O)c1cc(S(=O)(=O)N2CCCCC2)ccc1Cl. The molecule has 0 aromatic heterocycles. The summed E-state index contributed by atoms with van der Waals surface area (Å²) < 4.78 is 31.4. The van der Waals surface area contributed by atoms with Gasteiger partial charge in [-0.05, 0) is 31.0 Å². The number of sulfonamides is 1. The highest BCUT2D eigenvalue weighted by atomic mass is 35.5. The summed E-state index contributed by atoms with van der Waals surface area (Å²) in [6, 6.07) is 2.61. The molecule has 3 N–H and O–H groups in total. The van der Waals surface area contributed by atoms with Gasteiger partial charge in [-0.25, -0.2) is 18.0 Å². The lowest BCUT2D eigenvalue weighted by Gasteiger charge is -2.26. The second-order valence-corrected chi connectivity index (χ2v) is 7.94. The van der Waals surface area contributed by atoms with E-state index in [1.165, 1.54) is 16.4 Å². The summed E-state index contributed by atoms with van der Waals surface area (Å²) in [4.78, 5) is 33.8. The zero-order valence-electron chi connectivity index (χ0n) is 13.7. The number of carbonyl (C=O) groups is 3. The Balaban J connectivity index is 2.17. The number of esters is 1. The quantitative estimate of drug-likeness (QED) is 0.700. The van der Waals surface area contributed by atoms with Crippen LogP contribution in [0.1, 0.15) is 29.6 Å². The number of primary amides is 1. The van der Waals surface area contributed by atoms with Crippen LogP contribution in [-0.2, 0) is 19.6 Å². The third-order valence-corrected chi connectivity index (χ3v) is 5.93. The van der Waals surface area contributed by atoms with E-state index in [-0.39, 0.29) is 15.5 Å². The minimum Gasteiger partial charge on any atom is -0.452 e. The average molecular weight is 404 g/mol. The zero-order chi connectivity index (χ0) is 19.3. The number of urea groups is 1. The molecule has 0 unspecified atom stereocenters. The Bertz CT molecular complexity index is 821. The molecular formula is C15H18ClN3O6S. The lowest BCUT2D eigenvalue weighted by molar-refractivity contribution is -0.123. The second kappa shape index (κ2) is 8.47. The normalized spacial score (nSPS) is 15.3. The Morgan fingerprint density at radius 1 is 1.19 bits per heavy atom. The number of hydrogen-bond acceptors (Lipinski definition) is 6. The highest BCUT2D eigenvalue weighted by Gasteiger charge is 2.27. The van der Waals surface area contributed by atoms with Crippen molar-refractivity contribution in [2.24, 2.45) is 5.73 Å². The van der Waals surface area contributed by atoms with E-state index >= 15 is 0 Å². The average Bonchev–Trinajstić information content (AvgIpc) is 2.60. The van der Waals surface area contributed by atoms with Crippen molar-refractivity contribution in [3.8, 4) is 0 Å². The van der Waals surface area contributed by atoms with Crippen molar-refractivity contribution in [2.45, 2.75) is 24.2 Å². The van der Waals surface area contributed by atoms with E-state index in [1.807, 2.05) is 0 Å². The van der Waals surface area contributed by atoms with E-state index in [9.17, 15) is 22.8 Å². The van der Waals surface area contributed by atoms with Crippen molar-refractivity contribution in [3.05, 3.63) is 28.8 Å². The van der Waals surface area contributed by atoms with Crippen LogP contribution in [0.15, 0.2) is 23.1 Å². The number of carbonyl (C=O) groups excluding carboxylic acids is 3. The van der Waals surface area contributed by atoms with Crippen molar-refractivity contribution < 1.29 is 27.5 Å². The number of nitrogens with zero attached hydrogens (tertiary/aromatic N) is 1. The topological polar surface area (TPSA) is 136 Å². The number of benzene rings is 1. The number of amides is 3. The lowest BCUT2D eigenvalue weighted by atomic mass is 10.2. The Morgan fingerprint density at radius 2 is 1.85 bits per heavy atom. The first-order valence-corrected chi connectivity index (χ1v) is 9.59. The van der Waals surface area contributed by atoms with Gasteiger partial charge in [-0.3, -0.25) is 10.1 Å². The van der Waals surface area contributed by atoms with Crippen LogP contribution in [0.2, 0.25) is 5.02 Å². The fourth-order valence-corrected chi connectivity index (χ4v) is 4.20. The minimum absolute atomic E-state index is 0.0251. The van der Waals surface area contributed by atoms with Gasteiger partial charge in [-0.15, -0.1) is 0 Å². The van der Waals surface area contributed by atoms with Crippen molar-refractivity contribution in [1.82, 2.24) is 9.62 Å². The first kappa shape index (κ1) is 20.1. The van der Waals surface area contributed by atoms with Gasteiger partial charge in [0.2, 0.25) is 10.0 Å². The maximum absolute atomic E-state index is 12.7. The monoisotopic (exact) mass is 403 g/mol. The number of nitrogens with two attached hydrogens (primary N) is 1. The summed E-state index contributed by atoms with van der Waals surface area (Å²) >= 11 is 5.94. The summed E-state index contributed by atoms with van der Waals surface area (Å²) in [6.45, 7) is 0.0667. The number of rotatable bonds is 5. The van der Waals surface area contributed by atoms with Crippen molar-refractivity contribution in [1.29, 1.82) is 0 Å². The fourth-order valence-electron chi connectivity index (χ4n) is 2.46. The molecule has 11 heteroatoms. The number of imide groups is 1. The van der Waals surface area contributed by atoms with Crippen molar-refractivity contribution in [3.63, 3.8) is 0 Å². The van der Waals surface area contributed by atoms with E-state index in [2.05, 4.69) is 0 Å². The molecule has 2 rings (SSSR count). The summed E-state index contributed by atoms with van der Waals surface area (Å²) in [5.74, 6) is -1.91. The molecule has 1 aromatic carbocycles. The summed E-state index contributed by atoms with van der Waals surface area (Å²) in [5.41, 5.74) is 4.57. The van der Waals surface area contributed by atoms with Gasteiger partial charge in [0.25, 0.3) is 5.91 Å². The van der Waals surface area contributed by atoms with Gasteiger partial charge >= 0.3 is 12.0 Å². The predicted octanol–water partition coefficient (Wildman–Crippen LogP) is 0.866. The molecule has 1 aliphatic rings. The molecule has 1 fully saturated rings. The fraction of sp³-hybridized carbons (Fsp3) is 0.400. The molecule has 9 nitrogen and oxygen atoms in total. The molecule has 0 atom stereocenters. The number of piperidine rings is 1. The molecule has 0 bridgehead atoms. The second-order valence-electron chi connectivity index (χ2n) is 5.59. The molecule has 1 aliphatic heterocycles. The molecule has 142 valence electrons. The molecular weight excluding hydrogens is 386 g/mol. The van der Waals surface area contributed by atoms with E-state index in [4.69, 9.17) is 22.1 Å². The molecule has 0 saturated carbocycles. The van der Waals surface area contributed by atoms with Crippen LogP contribution in [0.3, 0.4) is 0 Å². The summed E-state index contributed by atoms with van der Waals surface area (Å²) in [5, 5.41) is 1.70. The highest BCUT2D eigenvalue weighted by molar-refractivity contribution is 7.89. The van der Waals surface area contributed by atoms with Crippen LogP contribution in [-0.4, -0.2) is 50.3 Å². The number of ether oxygens (including phenoxy) is 1. The van der Waals surface area contributed by atoms with Gasteiger partial charge in [-0.2, -0.15) is 4.31 Å². The van der Waals surface area contributed by atoms with E-state index in [0.29, 0.717) is 13.1 Å². The Kier molecular flexibility index (Phi) is 6.57. The zero-order valence-corrected chi connectivity index (χ0v) is 15.3. The molecule has 1 saturated heterocycles. The van der Waals surface area contributed by atoms with Gasteiger partial charge < -0.3 is 10.5 Å². The molecule has 26 heavy (non-hydrogen) atoms. The van der Waals surface area contributed by atoms with Gasteiger partial charge in [0.05, 0.1) is 15.5 Å². The summed E-state index contributed by atoms with van der Waals surface area (Å²) in [7, 11) is -3.76. The maximum atomic E-state index is 12.7. The molecule has 1 aromatic rings. The van der Waals surface area contributed by atoms with E-state index < -0.39 is 34.5 Å². The molecule has 0 radical (unpaired) electrons. The van der Waals surface area contributed by atoms with Crippen LogP contribution < -0.4 is 11.1 Å². The third-order valence-electron chi connectivity index (χ3n) is 3.71. The van der Waals surface area contributed by atoms with Gasteiger partial charge in [0.15, 0.2) is 6.61 Å². The highest BCUT2D eigenvalue weighted by Crippen LogP contribution is 2.25. The maximum Gasteiger partial charge on any atom is 0.340 e. The van der Waals surface area contributed by atoms with Crippen LogP contribution in [0.25, 0.3) is 0 Å². The summed E-state index contributed by atoms with van der Waals surface area (Å²) in [6.07, 6.45) is 2.52. The van der Waals surface area contributed by atoms with Crippen molar-refractivity contribution >= 4 is 39.5 Å².